The molecule has 0 unspecified atom stereocenters. The Kier molecular flexibility index (Phi) is 10.9. The lowest BCUT2D eigenvalue weighted by molar-refractivity contribution is -0.136. The summed E-state index contributed by atoms with van der Waals surface area (Å²) in [4.78, 5) is 25.4. The molecule has 37 heavy (non-hydrogen) atoms. The summed E-state index contributed by atoms with van der Waals surface area (Å²) in [5, 5.41) is 13.9. The van der Waals surface area contributed by atoms with Crippen LogP contribution in [0, 0.1) is 13.8 Å². The zero-order valence-electron chi connectivity index (χ0n) is 22.0. The lowest BCUT2D eigenvalue weighted by Gasteiger charge is -2.23. The van der Waals surface area contributed by atoms with Crippen molar-refractivity contribution in [1.29, 1.82) is 0 Å². The topological polar surface area (TPSA) is 84.9 Å². The van der Waals surface area contributed by atoms with Gasteiger partial charge in [0.05, 0.1) is 18.9 Å². The summed E-state index contributed by atoms with van der Waals surface area (Å²) < 4.78 is 11.2. The number of hydrogen-bond acceptors (Lipinski definition) is 6. The Morgan fingerprint density at radius 1 is 0.784 bits per heavy atom. The molecule has 0 aliphatic rings. The molecule has 2 N–H and O–H groups in total. The second-order valence-corrected chi connectivity index (χ2v) is 10.1. The zero-order chi connectivity index (χ0) is 26.3. The van der Waals surface area contributed by atoms with Crippen molar-refractivity contribution in [1.82, 2.24) is 5.32 Å². The predicted octanol–water partition coefficient (Wildman–Crippen LogP) is 5.44. The standard InChI is InChI=1S/C30H35NO5.ClH/c1-20-6-10-22(11-7-20)16-28(33)35-26-15-14-24(25(32)19-31-30(3,4)5)18-27(26)36-29(34)17-23-12-8-21(2)9-13-23;/h6-15,18,25,31-32H,16-17,19H2,1-5H3;1H/t25-;/m0./s1. The Morgan fingerprint density at radius 2 is 1.24 bits per heavy atom. The first kappa shape index (κ1) is 30.0. The van der Waals surface area contributed by atoms with E-state index in [0.29, 0.717) is 12.1 Å². The van der Waals surface area contributed by atoms with Crippen molar-refractivity contribution in [2.45, 2.75) is 59.1 Å². The summed E-state index contributed by atoms with van der Waals surface area (Å²) in [5.41, 5.74) is 4.21. The SMILES string of the molecule is Cc1ccc(CC(=O)Oc2ccc([C@@H](O)CNC(C)(C)C)cc2OC(=O)Cc2ccc(C)cc2)cc1.Cl. The quantitative estimate of drug-likeness (QED) is 0.286. The first-order chi connectivity index (χ1) is 17.0. The monoisotopic (exact) mass is 525 g/mol. The molecular formula is C30H36ClNO5. The van der Waals surface area contributed by atoms with Gasteiger partial charge in [-0.15, -0.1) is 12.4 Å². The average Bonchev–Trinajstić information content (AvgIpc) is 2.81. The molecule has 0 saturated carbocycles. The molecule has 1 atom stereocenters. The Bertz CT molecular complexity index is 1180. The number of aliphatic hydroxyl groups excluding tert-OH is 1. The van der Waals surface area contributed by atoms with Crippen LogP contribution >= 0.6 is 12.4 Å². The molecule has 6 nitrogen and oxygen atoms in total. The second-order valence-electron chi connectivity index (χ2n) is 10.1. The van der Waals surface area contributed by atoms with Gasteiger partial charge in [-0.1, -0.05) is 65.7 Å². The molecule has 3 aromatic carbocycles. The van der Waals surface area contributed by atoms with Crippen molar-refractivity contribution < 1.29 is 24.2 Å². The van der Waals surface area contributed by atoms with Crippen LogP contribution in [0.2, 0.25) is 0 Å². The molecule has 7 heteroatoms. The van der Waals surface area contributed by atoms with E-state index in [9.17, 15) is 14.7 Å². The van der Waals surface area contributed by atoms with E-state index in [1.807, 2.05) is 83.1 Å². The van der Waals surface area contributed by atoms with Crippen LogP contribution in [0.15, 0.2) is 66.7 Å². The number of carbonyl (C=O) groups excluding carboxylic acids is 2. The third kappa shape index (κ3) is 10.00. The van der Waals surface area contributed by atoms with Gasteiger partial charge in [0, 0.05) is 12.1 Å². The molecule has 0 fully saturated rings. The van der Waals surface area contributed by atoms with E-state index < -0.39 is 18.0 Å². The van der Waals surface area contributed by atoms with Gasteiger partial charge in [-0.05, 0) is 63.4 Å². The summed E-state index contributed by atoms with van der Waals surface area (Å²) in [5.74, 6) is -0.743. The first-order valence-electron chi connectivity index (χ1n) is 12.1. The fourth-order valence-corrected chi connectivity index (χ4v) is 3.48. The number of rotatable bonds is 9. The van der Waals surface area contributed by atoms with E-state index in [4.69, 9.17) is 9.47 Å². The summed E-state index contributed by atoms with van der Waals surface area (Å²) in [6.45, 7) is 10.3. The maximum Gasteiger partial charge on any atom is 0.315 e. The highest BCUT2D eigenvalue weighted by Crippen LogP contribution is 2.31. The number of esters is 2. The molecule has 0 bridgehead atoms. The smallest absolute Gasteiger partial charge is 0.315 e. The molecule has 198 valence electrons. The summed E-state index contributed by atoms with van der Waals surface area (Å²) in [6, 6.07) is 20.0. The third-order valence-corrected chi connectivity index (χ3v) is 5.56. The lowest BCUT2D eigenvalue weighted by atomic mass is 10.1. The molecule has 0 aromatic heterocycles. The molecule has 0 radical (unpaired) electrons. The minimum absolute atomic E-state index is 0. The van der Waals surface area contributed by atoms with Crippen LogP contribution in [0.1, 0.15) is 54.7 Å². The number of nitrogens with one attached hydrogen (secondary N) is 1. The fourth-order valence-electron chi connectivity index (χ4n) is 3.48. The van der Waals surface area contributed by atoms with E-state index >= 15 is 0 Å². The first-order valence-corrected chi connectivity index (χ1v) is 12.1. The van der Waals surface area contributed by atoms with E-state index in [-0.39, 0.29) is 42.3 Å². The van der Waals surface area contributed by atoms with Crippen molar-refractivity contribution in [3.8, 4) is 11.5 Å². The van der Waals surface area contributed by atoms with Gasteiger partial charge in [0.25, 0.3) is 0 Å². The van der Waals surface area contributed by atoms with Gasteiger partial charge in [-0.25, -0.2) is 0 Å². The van der Waals surface area contributed by atoms with Crippen molar-refractivity contribution >= 4 is 24.3 Å². The highest BCUT2D eigenvalue weighted by Gasteiger charge is 2.19. The largest absolute Gasteiger partial charge is 0.422 e. The molecule has 0 amide bonds. The molecule has 0 saturated heterocycles. The van der Waals surface area contributed by atoms with Crippen LogP contribution < -0.4 is 14.8 Å². The van der Waals surface area contributed by atoms with E-state index in [1.165, 1.54) is 0 Å². The van der Waals surface area contributed by atoms with Gasteiger partial charge in [0.1, 0.15) is 0 Å². The predicted molar refractivity (Wildman–Crippen MR) is 147 cm³/mol. The van der Waals surface area contributed by atoms with Crippen molar-refractivity contribution in [3.05, 3.63) is 94.5 Å². The van der Waals surface area contributed by atoms with E-state index in [1.54, 1.807) is 18.2 Å². The van der Waals surface area contributed by atoms with Crippen LogP contribution in [-0.4, -0.2) is 29.1 Å². The molecule has 3 aromatic rings. The maximum atomic E-state index is 12.7. The number of halogens is 1. The lowest BCUT2D eigenvalue weighted by Crippen LogP contribution is -2.38. The van der Waals surface area contributed by atoms with Gasteiger partial charge in [0.15, 0.2) is 11.5 Å². The normalized spacial score (nSPS) is 11.8. The second kappa shape index (κ2) is 13.4. The van der Waals surface area contributed by atoms with Crippen molar-refractivity contribution in [3.63, 3.8) is 0 Å². The number of β-amino-alcohol motifs (C(OH)–C–C–N with tert-alkyl or cyclic N) is 1. The number of hydrogen-bond donors (Lipinski definition) is 2. The fraction of sp³-hybridized carbons (Fsp3) is 0.333. The Morgan fingerprint density at radius 3 is 1.70 bits per heavy atom. The van der Waals surface area contributed by atoms with Gasteiger partial charge in [0.2, 0.25) is 0 Å². The molecular weight excluding hydrogens is 490 g/mol. The Hall–Kier alpha value is -3.19. The highest BCUT2D eigenvalue weighted by atomic mass is 35.5. The minimum atomic E-state index is -0.837. The molecule has 0 heterocycles. The van der Waals surface area contributed by atoms with Gasteiger partial charge in [-0.2, -0.15) is 0 Å². The average molecular weight is 526 g/mol. The summed E-state index contributed by atoms with van der Waals surface area (Å²) >= 11 is 0. The molecule has 0 spiro atoms. The highest BCUT2D eigenvalue weighted by molar-refractivity contribution is 5.85. The van der Waals surface area contributed by atoms with Crippen LogP contribution in [0.25, 0.3) is 0 Å². The number of aryl methyl sites for hydroxylation is 2. The van der Waals surface area contributed by atoms with Gasteiger partial charge >= 0.3 is 11.9 Å². The van der Waals surface area contributed by atoms with Gasteiger partial charge in [-0.3, -0.25) is 9.59 Å². The number of benzene rings is 3. The molecule has 0 aliphatic heterocycles. The molecule has 3 rings (SSSR count). The Balaban J connectivity index is 0.00000481. The van der Waals surface area contributed by atoms with Crippen LogP contribution in [-0.2, 0) is 22.4 Å². The Labute approximate surface area is 225 Å². The number of aliphatic hydroxyl groups is 1. The number of carbonyl (C=O) groups is 2. The maximum absolute atomic E-state index is 12.7. The van der Waals surface area contributed by atoms with E-state index in [2.05, 4.69) is 5.32 Å². The number of ether oxygens (including phenoxy) is 2. The van der Waals surface area contributed by atoms with Crippen LogP contribution in [0.5, 0.6) is 11.5 Å². The van der Waals surface area contributed by atoms with Crippen molar-refractivity contribution in [2.75, 3.05) is 6.54 Å². The van der Waals surface area contributed by atoms with E-state index in [0.717, 1.165) is 22.3 Å². The van der Waals surface area contributed by atoms with Gasteiger partial charge < -0.3 is 19.9 Å². The summed E-state index contributed by atoms with van der Waals surface area (Å²) in [7, 11) is 0. The molecule has 0 aliphatic carbocycles. The third-order valence-electron chi connectivity index (χ3n) is 5.56. The van der Waals surface area contributed by atoms with Crippen LogP contribution in [0.3, 0.4) is 0 Å². The summed E-state index contributed by atoms with van der Waals surface area (Å²) in [6.07, 6.45) is -0.692. The zero-order valence-corrected chi connectivity index (χ0v) is 22.9. The van der Waals surface area contributed by atoms with Crippen LogP contribution in [0.4, 0.5) is 0 Å². The van der Waals surface area contributed by atoms with Crippen molar-refractivity contribution in [2.24, 2.45) is 0 Å². The minimum Gasteiger partial charge on any atom is -0.422 e.